The first kappa shape index (κ1) is 26.2. The molecule has 37 heavy (non-hydrogen) atoms. The number of phenolic OH excluding ortho intramolecular Hbond substituents is 1. The van der Waals surface area contributed by atoms with Crippen molar-refractivity contribution in [3.05, 3.63) is 45.4 Å². The van der Waals surface area contributed by atoms with Gasteiger partial charge in [0.1, 0.15) is 28.4 Å². The van der Waals surface area contributed by atoms with Gasteiger partial charge in [-0.2, -0.15) is 0 Å². The molecule has 0 aromatic heterocycles. The van der Waals surface area contributed by atoms with Crippen molar-refractivity contribution in [2.24, 2.45) is 23.5 Å². The quantitative estimate of drug-likeness (QED) is 0.332. The van der Waals surface area contributed by atoms with Crippen molar-refractivity contribution in [1.82, 2.24) is 4.90 Å². The molecule has 0 fully saturated rings. The number of nitrogens with two attached hydrogens (primary N) is 1. The number of rotatable bonds is 5. The Morgan fingerprint density at radius 1 is 1.11 bits per heavy atom. The predicted octanol–water partition coefficient (Wildman–Crippen LogP) is 1.25. The van der Waals surface area contributed by atoms with E-state index in [2.05, 4.69) is 0 Å². The summed E-state index contributed by atoms with van der Waals surface area (Å²) in [5, 5.41) is 33.2. The molecule has 0 aliphatic heterocycles. The second-order valence-corrected chi connectivity index (χ2v) is 10.1. The number of anilines is 1. The van der Waals surface area contributed by atoms with Crippen molar-refractivity contribution in [2.45, 2.75) is 25.8 Å². The molecule has 3 aliphatic rings. The van der Waals surface area contributed by atoms with Crippen LogP contribution in [0.2, 0.25) is 0 Å². The lowest BCUT2D eigenvalue weighted by Crippen LogP contribution is -2.53. The summed E-state index contributed by atoms with van der Waals surface area (Å²) in [6.07, 6.45) is 0.475. The number of ketones is 2. The van der Waals surface area contributed by atoms with E-state index in [1.54, 1.807) is 44.9 Å². The molecule has 0 bridgehead atoms. The van der Waals surface area contributed by atoms with E-state index >= 15 is 0 Å². The first-order valence-electron chi connectivity index (χ1n) is 12.0. The van der Waals surface area contributed by atoms with E-state index in [1.807, 2.05) is 0 Å². The van der Waals surface area contributed by atoms with Crippen LogP contribution in [0.1, 0.15) is 39.6 Å². The molecule has 198 valence electrons. The Labute approximate surface area is 213 Å². The highest BCUT2D eigenvalue weighted by atomic mass is 16.5. The van der Waals surface area contributed by atoms with Gasteiger partial charge in [-0.05, 0) is 57.3 Å². The number of hydrogen-bond acceptors (Lipinski definition) is 10. The fourth-order valence-corrected chi connectivity index (χ4v) is 6.08. The zero-order valence-corrected chi connectivity index (χ0v) is 21.4. The predicted molar refractivity (Wildman–Crippen MR) is 132 cm³/mol. The molecule has 3 unspecified atom stereocenters. The van der Waals surface area contributed by atoms with E-state index < -0.39 is 70.1 Å². The first-order chi connectivity index (χ1) is 17.3. The largest absolute Gasteiger partial charge is 0.511 e. The molecule has 4 rings (SSSR count). The van der Waals surface area contributed by atoms with Gasteiger partial charge in [0, 0.05) is 25.4 Å². The maximum atomic E-state index is 13.8. The molecule has 1 aromatic carbocycles. The van der Waals surface area contributed by atoms with E-state index in [0.717, 1.165) is 0 Å². The molecule has 5 N–H and O–H groups in total. The number of ether oxygens (including phenoxy) is 1. The zero-order chi connectivity index (χ0) is 27.5. The van der Waals surface area contributed by atoms with Gasteiger partial charge in [0.15, 0.2) is 11.6 Å². The number of allylic oxidation sites excluding steroid dienone is 2. The SMILES string of the molecule is CCOC(=O)c1cc(N(C)C)c2c(c1O)C(=O)C1=C(O)C3C(=O)C(C(N)=O)=C(O)[C@@H](N(C)C)C3CC1C2. The number of aliphatic hydroxyl groups excluding tert-OH is 2. The maximum absolute atomic E-state index is 13.8. The number of hydrogen-bond donors (Lipinski definition) is 4. The van der Waals surface area contributed by atoms with Gasteiger partial charge in [0.25, 0.3) is 5.91 Å². The number of esters is 1. The van der Waals surface area contributed by atoms with E-state index in [9.17, 15) is 34.5 Å². The number of fused-ring (bicyclic) bond motifs is 3. The van der Waals surface area contributed by atoms with Crippen LogP contribution in [0, 0.1) is 17.8 Å². The van der Waals surface area contributed by atoms with Gasteiger partial charge in [-0.15, -0.1) is 0 Å². The average Bonchev–Trinajstić information content (AvgIpc) is 2.78. The van der Waals surface area contributed by atoms with Crippen LogP contribution >= 0.6 is 0 Å². The van der Waals surface area contributed by atoms with Gasteiger partial charge < -0.3 is 30.7 Å². The van der Waals surface area contributed by atoms with Crippen molar-refractivity contribution >= 4 is 29.1 Å². The highest BCUT2D eigenvalue weighted by molar-refractivity contribution is 6.22. The Morgan fingerprint density at radius 2 is 1.76 bits per heavy atom. The highest BCUT2D eigenvalue weighted by Crippen LogP contribution is 2.51. The number of aliphatic hydroxyl groups is 2. The van der Waals surface area contributed by atoms with Crippen molar-refractivity contribution in [2.75, 3.05) is 39.7 Å². The van der Waals surface area contributed by atoms with Crippen molar-refractivity contribution in [3.8, 4) is 5.75 Å². The van der Waals surface area contributed by atoms with Crippen molar-refractivity contribution in [3.63, 3.8) is 0 Å². The van der Waals surface area contributed by atoms with E-state index in [4.69, 9.17) is 10.5 Å². The second-order valence-electron chi connectivity index (χ2n) is 10.1. The van der Waals surface area contributed by atoms with Crippen LogP contribution in [0.4, 0.5) is 5.69 Å². The van der Waals surface area contributed by atoms with E-state index in [-0.39, 0.29) is 36.1 Å². The number of aromatic hydroxyl groups is 1. The molecule has 0 heterocycles. The third kappa shape index (κ3) is 3.85. The van der Waals surface area contributed by atoms with E-state index in [0.29, 0.717) is 11.3 Å². The summed E-state index contributed by atoms with van der Waals surface area (Å²) in [7, 11) is 6.82. The first-order valence-corrected chi connectivity index (χ1v) is 12.0. The summed E-state index contributed by atoms with van der Waals surface area (Å²) in [4.78, 5) is 55.1. The Kier molecular flexibility index (Phi) is 6.53. The molecule has 0 saturated carbocycles. The number of amides is 1. The number of Topliss-reactive ketones (excluding diaryl/α,β-unsaturated/α-hetero) is 2. The van der Waals surface area contributed by atoms with Crippen LogP contribution in [0.5, 0.6) is 5.75 Å². The number of primary amides is 1. The number of phenols is 1. The Balaban J connectivity index is 1.94. The summed E-state index contributed by atoms with van der Waals surface area (Å²) >= 11 is 0. The lowest BCUT2D eigenvalue weighted by atomic mass is 9.60. The lowest BCUT2D eigenvalue weighted by Gasteiger charge is -2.46. The topological polar surface area (TPSA) is 171 Å². The number of likely N-dealkylation sites (N-methyl/N-ethyl adjacent to an activating group) is 1. The average molecular weight is 514 g/mol. The van der Waals surface area contributed by atoms with Crippen LogP contribution in [0.15, 0.2) is 28.7 Å². The Morgan fingerprint density at radius 3 is 2.30 bits per heavy atom. The molecule has 11 heteroatoms. The van der Waals surface area contributed by atoms with Crippen molar-refractivity contribution in [1.29, 1.82) is 0 Å². The van der Waals surface area contributed by atoms with Crippen LogP contribution < -0.4 is 10.6 Å². The minimum absolute atomic E-state index is 0.0502. The van der Waals surface area contributed by atoms with Gasteiger partial charge in [-0.25, -0.2) is 4.79 Å². The maximum Gasteiger partial charge on any atom is 0.342 e. The molecule has 4 atom stereocenters. The number of benzene rings is 1. The molecule has 1 aromatic rings. The highest BCUT2D eigenvalue weighted by Gasteiger charge is 2.54. The Bertz CT molecular complexity index is 1290. The van der Waals surface area contributed by atoms with Gasteiger partial charge >= 0.3 is 5.97 Å². The van der Waals surface area contributed by atoms with Crippen LogP contribution in [-0.4, -0.2) is 84.5 Å². The summed E-state index contributed by atoms with van der Waals surface area (Å²) in [5.41, 5.74) is 5.46. The zero-order valence-electron chi connectivity index (χ0n) is 21.4. The van der Waals surface area contributed by atoms with Gasteiger partial charge in [-0.1, -0.05) is 0 Å². The van der Waals surface area contributed by atoms with Crippen LogP contribution in [0.3, 0.4) is 0 Å². The van der Waals surface area contributed by atoms with Gasteiger partial charge in [0.05, 0.1) is 24.1 Å². The smallest absolute Gasteiger partial charge is 0.342 e. The van der Waals surface area contributed by atoms with Gasteiger partial charge in [0.2, 0.25) is 0 Å². The minimum Gasteiger partial charge on any atom is -0.511 e. The van der Waals surface area contributed by atoms with Crippen molar-refractivity contribution < 1.29 is 39.2 Å². The lowest BCUT2D eigenvalue weighted by molar-refractivity contribution is -0.127. The molecular weight excluding hydrogens is 482 g/mol. The summed E-state index contributed by atoms with van der Waals surface area (Å²) in [6.45, 7) is 1.68. The molecule has 0 saturated heterocycles. The summed E-state index contributed by atoms with van der Waals surface area (Å²) < 4.78 is 5.05. The number of nitrogens with zero attached hydrogens (tertiary/aromatic N) is 2. The molecule has 1 amide bonds. The summed E-state index contributed by atoms with van der Waals surface area (Å²) in [5.74, 6) is -7.44. The molecular formula is C26H31N3O8. The normalized spacial score (nSPS) is 25.0. The third-order valence-corrected chi connectivity index (χ3v) is 7.52. The second kappa shape index (κ2) is 9.22. The third-order valence-electron chi connectivity index (χ3n) is 7.52. The van der Waals surface area contributed by atoms with Gasteiger partial charge in [-0.3, -0.25) is 19.3 Å². The monoisotopic (exact) mass is 513 g/mol. The molecule has 3 aliphatic carbocycles. The fourth-order valence-electron chi connectivity index (χ4n) is 6.08. The molecule has 0 spiro atoms. The number of carbonyl (C=O) groups excluding carboxylic acids is 4. The fraction of sp³-hybridized carbons (Fsp3) is 0.462. The Hall–Kier alpha value is -3.86. The minimum atomic E-state index is -1.27. The molecule has 0 radical (unpaired) electrons. The van der Waals surface area contributed by atoms with E-state index in [1.165, 1.54) is 6.07 Å². The van der Waals surface area contributed by atoms with Crippen LogP contribution in [-0.2, 0) is 20.7 Å². The summed E-state index contributed by atoms with van der Waals surface area (Å²) in [6, 6.07) is 0.679. The van der Waals surface area contributed by atoms with Crippen LogP contribution in [0.25, 0.3) is 0 Å². The standard InChI is InChI=1S/C26H31N3O8/c1-6-37-26(36)13-9-14(28(2)3)11-7-10-8-12-17(22(32)15(10)21(31)16(11)20(13)30)23(33)18(25(27)35)24(34)19(12)29(4)5/h9-10,12,17,19,30,32,34H,6-8H2,1-5H3,(H2,27,35)/t10?,12?,17?,19-/m0/s1. The molecule has 11 nitrogen and oxygen atoms in total. The number of carbonyl (C=O) groups is 4.